The van der Waals surface area contributed by atoms with Crippen LogP contribution in [0.3, 0.4) is 0 Å². The molecule has 21 heavy (non-hydrogen) atoms. The number of non-ortho nitro benzene ring substituents is 2. The second-order valence-electron chi connectivity index (χ2n) is 4.62. The number of carbonyl (C=O) groups is 1. The molecule has 0 aliphatic heterocycles. The lowest BCUT2D eigenvalue weighted by Crippen LogP contribution is -2.34. The predicted octanol–water partition coefficient (Wildman–Crippen LogP) is 2.81. The van der Waals surface area contributed by atoms with Crippen LogP contribution < -0.4 is 5.32 Å². The Morgan fingerprint density at radius 2 is 1.67 bits per heavy atom. The molecule has 1 unspecified atom stereocenters. The number of rotatable bonds is 7. The molecule has 8 heteroatoms. The summed E-state index contributed by atoms with van der Waals surface area (Å²) in [5.41, 5.74) is -1.03. The first-order valence-corrected chi connectivity index (χ1v) is 6.63. The number of carbonyl (C=O) groups excluding carboxylic acids is 1. The van der Waals surface area contributed by atoms with Gasteiger partial charge in [-0.1, -0.05) is 20.3 Å². The molecule has 1 aromatic rings. The Morgan fingerprint density at radius 1 is 1.14 bits per heavy atom. The van der Waals surface area contributed by atoms with Crippen molar-refractivity contribution in [3.05, 3.63) is 44.0 Å². The number of nitrogens with zero attached hydrogens (tertiary/aromatic N) is 2. The topological polar surface area (TPSA) is 115 Å². The van der Waals surface area contributed by atoms with Crippen molar-refractivity contribution in [1.29, 1.82) is 0 Å². The summed E-state index contributed by atoms with van der Waals surface area (Å²) >= 11 is 0. The lowest BCUT2D eigenvalue weighted by molar-refractivity contribution is -0.394. The Labute approximate surface area is 121 Å². The number of benzene rings is 1. The van der Waals surface area contributed by atoms with Crippen LogP contribution in [0.4, 0.5) is 11.4 Å². The third-order valence-electron chi connectivity index (χ3n) is 3.05. The normalized spacial score (nSPS) is 11.7. The minimum absolute atomic E-state index is 0.0548. The fourth-order valence-corrected chi connectivity index (χ4v) is 1.93. The first-order valence-electron chi connectivity index (χ1n) is 6.63. The Balaban J connectivity index is 3.07. The maximum absolute atomic E-state index is 12.1. The molecule has 0 radical (unpaired) electrons. The molecular formula is C13H17N3O5. The van der Waals surface area contributed by atoms with Crippen molar-refractivity contribution in [3.8, 4) is 0 Å². The molecule has 0 saturated heterocycles. The van der Waals surface area contributed by atoms with Gasteiger partial charge >= 0.3 is 0 Å². The Kier molecular flexibility index (Phi) is 5.77. The quantitative estimate of drug-likeness (QED) is 0.613. The fourth-order valence-electron chi connectivity index (χ4n) is 1.93. The van der Waals surface area contributed by atoms with E-state index >= 15 is 0 Å². The van der Waals surface area contributed by atoms with Crippen LogP contribution in [0.15, 0.2) is 18.2 Å². The van der Waals surface area contributed by atoms with Crippen LogP contribution in [0.2, 0.25) is 0 Å². The third kappa shape index (κ3) is 4.51. The van der Waals surface area contributed by atoms with Gasteiger partial charge in [-0.2, -0.15) is 0 Å². The summed E-state index contributed by atoms with van der Waals surface area (Å²) < 4.78 is 0. The zero-order valence-corrected chi connectivity index (χ0v) is 11.9. The number of hydrogen-bond acceptors (Lipinski definition) is 5. The molecule has 8 nitrogen and oxygen atoms in total. The van der Waals surface area contributed by atoms with Crippen LogP contribution in [0.5, 0.6) is 0 Å². The van der Waals surface area contributed by atoms with Gasteiger partial charge in [0.1, 0.15) is 0 Å². The monoisotopic (exact) mass is 295 g/mol. The first-order chi connectivity index (χ1) is 9.88. The zero-order valence-electron chi connectivity index (χ0n) is 11.9. The summed E-state index contributed by atoms with van der Waals surface area (Å²) in [6, 6.07) is 2.86. The lowest BCUT2D eigenvalue weighted by atomic mass is 10.1. The van der Waals surface area contributed by atoms with Gasteiger partial charge in [-0.05, 0) is 12.8 Å². The molecular weight excluding hydrogens is 278 g/mol. The predicted molar refractivity (Wildman–Crippen MR) is 76.2 cm³/mol. The van der Waals surface area contributed by atoms with Crippen molar-refractivity contribution in [2.75, 3.05) is 0 Å². The van der Waals surface area contributed by atoms with Crippen molar-refractivity contribution in [3.63, 3.8) is 0 Å². The van der Waals surface area contributed by atoms with Crippen molar-refractivity contribution >= 4 is 17.3 Å². The van der Waals surface area contributed by atoms with Gasteiger partial charge in [0.05, 0.1) is 21.5 Å². The minimum atomic E-state index is -0.757. The van der Waals surface area contributed by atoms with Crippen molar-refractivity contribution in [2.45, 2.75) is 39.2 Å². The SMILES string of the molecule is CCCC(CC)NC(=O)c1cc([N+](=O)[O-])cc([N+](=O)[O-])c1. The van der Waals surface area contributed by atoms with Crippen molar-refractivity contribution < 1.29 is 14.6 Å². The van der Waals surface area contributed by atoms with E-state index in [0.717, 1.165) is 37.5 Å². The maximum Gasteiger partial charge on any atom is 0.277 e. The molecule has 1 rings (SSSR count). The summed E-state index contributed by atoms with van der Waals surface area (Å²) in [5, 5.41) is 24.3. The van der Waals surface area contributed by atoms with Crippen molar-refractivity contribution in [2.24, 2.45) is 0 Å². The summed E-state index contributed by atoms with van der Waals surface area (Å²) in [6.45, 7) is 3.89. The van der Waals surface area contributed by atoms with E-state index in [1.54, 1.807) is 0 Å². The van der Waals surface area contributed by atoms with Crippen molar-refractivity contribution in [1.82, 2.24) is 5.32 Å². The largest absolute Gasteiger partial charge is 0.349 e. The molecule has 0 aromatic heterocycles. The Bertz CT molecular complexity index is 526. The number of amides is 1. The average molecular weight is 295 g/mol. The number of nitro benzene ring substituents is 2. The van der Waals surface area contributed by atoms with Crippen LogP contribution >= 0.6 is 0 Å². The van der Waals surface area contributed by atoms with E-state index in [4.69, 9.17) is 0 Å². The van der Waals surface area contributed by atoms with E-state index in [-0.39, 0.29) is 11.6 Å². The standard InChI is InChI=1S/C13H17N3O5/c1-3-5-10(4-2)14-13(17)9-6-11(15(18)19)8-12(7-9)16(20)21/h6-8,10H,3-5H2,1-2H3,(H,14,17). The highest BCUT2D eigenvalue weighted by Crippen LogP contribution is 2.22. The zero-order chi connectivity index (χ0) is 16.0. The number of nitro groups is 2. The molecule has 0 spiro atoms. The highest BCUT2D eigenvalue weighted by Gasteiger charge is 2.20. The van der Waals surface area contributed by atoms with E-state index in [1.807, 2.05) is 13.8 Å². The van der Waals surface area contributed by atoms with Crippen LogP contribution in [0, 0.1) is 20.2 Å². The summed E-state index contributed by atoms with van der Waals surface area (Å²) in [4.78, 5) is 32.1. The molecule has 0 bridgehead atoms. The van der Waals surface area contributed by atoms with Gasteiger partial charge in [-0.3, -0.25) is 25.0 Å². The van der Waals surface area contributed by atoms with Gasteiger partial charge in [0.15, 0.2) is 0 Å². The summed E-state index contributed by atoms with van der Waals surface area (Å²) in [7, 11) is 0. The molecule has 1 aromatic carbocycles. The van der Waals surface area contributed by atoms with E-state index < -0.39 is 27.1 Å². The van der Waals surface area contributed by atoms with Gasteiger partial charge in [0.2, 0.25) is 0 Å². The lowest BCUT2D eigenvalue weighted by Gasteiger charge is -2.15. The fraction of sp³-hybridized carbons (Fsp3) is 0.462. The van der Waals surface area contributed by atoms with E-state index in [2.05, 4.69) is 5.32 Å². The molecule has 1 atom stereocenters. The highest BCUT2D eigenvalue weighted by atomic mass is 16.6. The summed E-state index contributed by atoms with van der Waals surface area (Å²) in [5.74, 6) is -0.540. The van der Waals surface area contributed by atoms with E-state index in [9.17, 15) is 25.0 Å². The maximum atomic E-state index is 12.1. The Morgan fingerprint density at radius 3 is 2.05 bits per heavy atom. The first kappa shape index (κ1) is 16.5. The van der Waals surface area contributed by atoms with E-state index in [1.165, 1.54) is 0 Å². The van der Waals surface area contributed by atoms with Gasteiger partial charge in [-0.25, -0.2) is 0 Å². The molecule has 0 heterocycles. The smallest absolute Gasteiger partial charge is 0.277 e. The molecule has 1 N–H and O–H groups in total. The molecule has 0 aliphatic rings. The Hall–Kier alpha value is -2.51. The number of nitrogens with one attached hydrogen (secondary N) is 1. The second kappa shape index (κ2) is 7.32. The van der Waals surface area contributed by atoms with Crippen LogP contribution in [0.1, 0.15) is 43.5 Å². The van der Waals surface area contributed by atoms with Gasteiger partial charge < -0.3 is 5.32 Å². The van der Waals surface area contributed by atoms with Crippen LogP contribution in [0.25, 0.3) is 0 Å². The summed E-state index contributed by atoms with van der Waals surface area (Å²) in [6.07, 6.45) is 2.38. The van der Waals surface area contributed by atoms with Gasteiger partial charge in [0, 0.05) is 18.2 Å². The highest BCUT2D eigenvalue weighted by molar-refractivity contribution is 5.95. The van der Waals surface area contributed by atoms with Gasteiger partial charge in [0.25, 0.3) is 17.3 Å². The minimum Gasteiger partial charge on any atom is -0.349 e. The van der Waals surface area contributed by atoms with E-state index in [0.29, 0.717) is 0 Å². The average Bonchev–Trinajstić information content (AvgIpc) is 2.45. The third-order valence-corrected chi connectivity index (χ3v) is 3.05. The molecule has 0 saturated carbocycles. The molecule has 114 valence electrons. The van der Waals surface area contributed by atoms with Crippen LogP contribution in [-0.4, -0.2) is 21.8 Å². The van der Waals surface area contributed by atoms with Gasteiger partial charge in [-0.15, -0.1) is 0 Å². The number of hydrogen-bond donors (Lipinski definition) is 1. The molecule has 0 fully saturated rings. The molecule has 0 aliphatic carbocycles. The second-order valence-corrected chi connectivity index (χ2v) is 4.62. The molecule has 1 amide bonds. The van der Waals surface area contributed by atoms with Crippen LogP contribution in [-0.2, 0) is 0 Å².